The molecule has 0 spiro atoms. The number of amides is 2. The quantitative estimate of drug-likeness (QED) is 0.464. The van der Waals surface area contributed by atoms with Crippen LogP contribution in [0.25, 0.3) is 0 Å². The van der Waals surface area contributed by atoms with Gasteiger partial charge in [-0.15, -0.1) is 0 Å². The summed E-state index contributed by atoms with van der Waals surface area (Å²) in [5.41, 5.74) is -0.165. The summed E-state index contributed by atoms with van der Waals surface area (Å²) in [7, 11) is 6.43. The van der Waals surface area contributed by atoms with Gasteiger partial charge in [0.25, 0.3) is 11.6 Å². The minimum atomic E-state index is -0.562. The van der Waals surface area contributed by atoms with Crippen LogP contribution in [0.5, 0.6) is 5.75 Å². The minimum Gasteiger partial charge on any atom is -0.490 e. The SMILES string of the molecule is CO[C@@H]1CN(C)C(=O)c2cc([N+](=O)[O-])ccc2OC[C@H]2O[C@@H](CC[C@H]2OC)CCN(C)C(=O)[C@H]1C. The molecule has 0 N–H and O–H groups in total. The first-order valence-electron chi connectivity index (χ1n) is 11.8. The fourth-order valence-electron chi connectivity index (χ4n) is 4.61. The second-order valence-electron chi connectivity index (χ2n) is 9.19. The Morgan fingerprint density at radius 1 is 1.06 bits per heavy atom. The first-order valence-corrected chi connectivity index (χ1v) is 11.8. The molecular formula is C24H35N3O8. The lowest BCUT2D eigenvalue weighted by Crippen LogP contribution is -2.47. The molecule has 11 nitrogen and oxygen atoms in total. The second-order valence-corrected chi connectivity index (χ2v) is 9.19. The molecule has 0 aromatic heterocycles. The van der Waals surface area contributed by atoms with Gasteiger partial charge in [-0.05, 0) is 25.3 Å². The number of hydrogen-bond donors (Lipinski definition) is 0. The van der Waals surface area contributed by atoms with Crippen LogP contribution in [-0.4, -0.2) is 99.0 Å². The molecule has 0 saturated carbocycles. The van der Waals surface area contributed by atoms with Crippen LogP contribution in [0.1, 0.15) is 36.5 Å². The largest absolute Gasteiger partial charge is 0.490 e. The van der Waals surface area contributed by atoms with Crippen molar-refractivity contribution >= 4 is 17.5 Å². The van der Waals surface area contributed by atoms with E-state index in [4.69, 9.17) is 18.9 Å². The van der Waals surface area contributed by atoms with Crippen molar-refractivity contribution in [1.82, 2.24) is 9.80 Å². The summed E-state index contributed by atoms with van der Waals surface area (Å²) < 4.78 is 23.4. The van der Waals surface area contributed by atoms with Gasteiger partial charge in [0.2, 0.25) is 5.91 Å². The molecule has 35 heavy (non-hydrogen) atoms. The van der Waals surface area contributed by atoms with Crippen LogP contribution >= 0.6 is 0 Å². The fourth-order valence-corrected chi connectivity index (χ4v) is 4.61. The number of likely N-dealkylation sites (N-methyl/N-ethyl adjacent to an activating group) is 1. The first-order chi connectivity index (χ1) is 16.7. The standard InChI is InChI=1S/C24H35N3O8/c1-15-21(33-5)13-26(3)24(29)18-12-16(27(30)31)6-8-19(18)34-14-22-20(32-4)9-7-17(35-22)10-11-25(2)23(15)28/h6,8,12,15,17,20-22H,7,9-11,13-14H2,1-5H3/t15-,17-,20+,21+,22+/m0/s1. The molecule has 2 aliphatic rings. The van der Waals surface area contributed by atoms with Crippen molar-refractivity contribution in [3.8, 4) is 5.75 Å². The predicted octanol–water partition coefficient (Wildman–Crippen LogP) is 2.12. The number of benzene rings is 1. The van der Waals surface area contributed by atoms with E-state index in [9.17, 15) is 19.7 Å². The molecule has 11 heteroatoms. The third-order valence-electron chi connectivity index (χ3n) is 6.88. The summed E-state index contributed by atoms with van der Waals surface area (Å²) >= 11 is 0. The van der Waals surface area contributed by atoms with Gasteiger partial charge in [0.15, 0.2) is 0 Å². The zero-order chi connectivity index (χ0) is 25.7. The van der Waals surface area contributed by atoms with Gasteiger partial charge in [-0.1, -0.05) is 6.92 Å². The predicted molar refractivity (Wildman–Crippen MR) is 126 cm³/mol. The van der Waals surface area contributed by atoms with Gasteiger partial charge in [-0.2, -0.15) is 0 Å². The number of nitro groups is 1. The molecule has 1 saturated heterocycles. The number of nitro benzene ring substituents is 1. The van der Waals surface area contributed by atoms with Crippen LogP contribution in [0.15, 0.2) is 18.2 Å². The maximum atomic E-state index is 13.4. The Morgan fingerprint density at radius 3 is 2.43 bits per heavy atom. The monoisotopic (exact) mass is 493 g/mol. The van der Waals surface area contributed by atoms with Gasteiger partial charge in [0, 0.05) is 53.5 Å². The lowest BCUT2D eigenvalue weighted by Gasteiger charge is -2.37. The Kier molecular flexibility index (Phi) is 9.03. The molecule has 3 rings (SSSR count). The molecule has 1 aromatic carbocycles. The summed E-state index contributed by atoms with van der Waals surface area (Å²) in [6.45, 7) is 2.53. The molecule has 2 aliphatic heterocycles. The van der Waals surface area contributed by atoms with Crippen LogP contribution in [0.2, 0.25) is 0 Å². The Morgan fingerprint density at radius 2 is 1.77 bits per heavy atom. The summed E-state index contributed by atoms with van der Waals surface area (Å²) in [6, 6.07) is 3.94. The zero-order valence-corrected chi connectivity index (χ0v) is 21.0. The highest BCUT2D eigenvalue weighted by Gasteiger charge is 2.34. The number of methoxy groups -OCH3 is 2. The van der Waals surface area contributed by atoms with Crippen molar-refractivity contribution in [2.45, 2.75) is 50.6 Å². The first kappa shape index (κ1) is 26.8. The number of rotatable bonds is 3. The fraction of sp³-hybridized carbons (Fsp3) is 0.667. The second kappa shape index (κ2) is 11.8. The molecule has 194 valence electrons. The van der Waals surface area contributed by atoms with E-state index in [1.54, 1.807) is 33.0 Å². The van der Waals surface area contributed by atoms with E-state index in [0.717, 1.165) is 12.8 Å². The average molecular weight is 494 g/mol. The van der Waals surface area contributed by atoms with E-state index in [0.29, 0.717) is 13.0 Å². The van der Waals surface area contributed by atoms with E-state index in [1.165, 1.54) is 30.2 Å². The van der Waals surface area contributed by atoms with Crippen molar-refractivity contribution < 1.29 is 33.5 Å². The molecule has 2 bridgehead atoms. The van der Waals surface area contributed by atoms with E-state index in [1.807, 2.05) is 0 Å². The van der Waals surface area contributed by atoms with Crippen molar-refractivity contribution in [2.75, 3.05) is 48.0 Å². The number of carbonyl (C=O) groups excluding carboxylic acids is 2. The minimum absolute atomic E-state index is 0.0565. The lowest BCUT2D eigenvalue weighted by atomic mass is 9.98. The number of ether oxygens (including phenoxy) is 4. The van der Waals surface area contributed by atoms with Gasteiger partial charge in [0.05, 0.1) is 34.7 Å². The smallest absolute Gasteiger partial charge is 0.270 e. The summed E-state index contributed by atoms with van der Waals surface area (Å²) in [4.78, 5) is 40.3. The van der Waals surface area contributed by atoms with Crippen LogP contribution in [0.3, 0.4) is 0 Å². The third-order valence-corrected chi connectivity index (χ3v) is 6.88. The normalized spacial score (nSPS) is 28.9. The van der Waals surface area contributed by atoms with E-state index >= 15 is 0 Å². The highest BCUT2D eigenvalue weighted by Crippen LogP contribution is 2.29. The van der Waals surface area contributed by atoms with Gasteiger partial charge >= 0.3 is 0 Å². The maximum Gasteiger partial charge on any atom is 0.270 e. The van der Waals surface area contributed by atoms with E-state index in [-0.39, 0.29) is 54.4 Å². The van der Waals surface area contributed by atoms with E-state index in [2.05, 4.69) is 0 Å². The number of non-ortho nitro benzene ring substituents is 1. The van der Waals surface area contributed by atoms with Crippen molar-refractivity contribution in [3.05, 3.63) is 33.9 Å². The molecule has 5 atom stereocenters. The van der Waals surface area contributed by atoms with Gasteiger partial charge in [-0.3, -0.25) is 19.7 Å². The van der Waals surface area contributed by atoms with Crippen molar-refractivity contribution in [1.29, 1.82) is 0 Å². The summed E-state index contributed by atoms with van der Waals surface area (Å²) in [6.07, 6.45) is 1.01. The topological polar surface area (TPSA) is 121 Å². The summed E-state index contributed by atoms with van der Waals surface area (Å²) in [5.74, 6) is -0.854. The third kappa shape index (κ3) is 6.28. The van der Waals surface area contributed by atoms with E-state index < -0.39 is 22.9 Å². The number of hydrogen-bond acceptors (Lipinski definition) is 8. The van der Waals surface area contributed by atoms with Crippen LogP contribution < -0.4 is 4.74 Å². The highest BCUT2D eigenvalue weighted by atomic mass is 16.6. The highest BCUT2D eigenvalue weighted by molar-refractivity contribution is 5.97. The Labute approximate surface area is 205 Å². The molecular weight excluding hydrogens is 458 g/mol. The van der Waals surface area contributed by atoms with Crippen molar-refractivity contribution in [2.24, 2.45) is 5.92 Å². The molecule has 0 unspecified atom stereocenters. The van der Waals surface area contributed by atoms with Gasteiger partial charge in [-0.25, -0.2) is 0 Å². The zero-order valence-electron chi connectivity index (χ0n) is 21.0. The molecule has 1 fully saturated rings. The molecule has 0 radical (unpaired) electrons. The molecule has 0 aliphatic carbocycles. The van der Waals surface area contributed by atoms with Crippen molar-refractivity contribution in [3.63, 3.8) is 0 Å². The molecule has 2 amide bonds. The summed E-state index contributed by atoms with van der Waals surface area (Å²) in [5, 5.41) is 11.4. The Bertz CT molecular complexity index is 926. The van der Waals surface area contributed by atoms with Gasteiger partial charge in [0.1, 0.15) is 18.5 Å². The number of fused-ring (bicyclic) bond motifs is 3. The van der Waals surface area contributed by atoms with Gasteiger partial charge < -0.3 is 28.7 Å². The van der Waals surface area contributed by atoms with Crippen LogP contribution in [0, 0.1) is 16.0 Å². The molecule has 2 heterocycles. The van der Waals surface area contributed by atoms with Crippen LogP contribution in [-0.2, 0) is 19.0 Å². The Hall–Kier alpha value is -2.76. The lowest BCUT2D eigenvalue weighted by molar-refractivity contribution is -0.384. The van der Waals surface area contributed by atoms with Crippen LogP contribution in [0.4, 0.5) is 5.69 Å². The molecule has 1 aromatic rings. The Balaban J connectivity index is 1.98. The maximum absolute atomic E-state index is 13.4. The number of carbonyl (C=O) groups is 2. The number of nitrogens with zero attached hydrogens (tertiary/aromatic N) is 3. The average Bonchev–Trinajstić information content (AvgIpc) is 2.86.